The Morgan fingerprint density at radius 1 is 1.20 bits per heavy atom. The molecule has 2 heterocycles. The number of piperazine rings is 1. The molecule has 0 saturated carbocycles. The van der Waals surface area contributed by atoms with Gasteiger partial charge in [0.05, 0.1) is 11.1 Å². The zero-order valence-electron chi connectivity index (χ0n) is 11.0. The third-order valence-corrected chi connectivity index (χ3v) is 6.48. The van der Waals surface area contributed by atoms with Crippen LogP contribution in [-0.2, 0) is 4.79 Å². The molecule has 0 bridgehead atoms. The molecule has 4 nitrogen and oxygen atoms in total. The number of nitrogens with zero attached hydrogens (tertiary/aromatic N) is 1. The summed E-state index contributed by atoms with van der Waals surface area (Å²) in [6.07, 6.45) is 0. The van der Waals surface area contributed by atoms with Gasteiger partial charge in [-0.05, 0) is 17.7 Å². The fourth-order valence-corrected chi connectivity index (χ4v) is 5.19. The second kappa shape index (κ2) is 6.10. The van der Waals surface area contributed by atoms with Crippen molar-refractivity contribution in [2.24, 2.45) is 0 Å². The topological polar surface area (TPSA) is 49.4 Å². The Bertz CT molecular complexity index is 512. The summed E-state index contributed by atoms with van der Waals surface area (Å²) in [4.78, 5) is 25.2. The molecule has 2 aliphatic heterocycles. The van der Waals surface area contributed by atoms with Gasteiger partial charge in [-0.15, -0.1) is 23.5 Å². The normalized spacial score (nSPS) is 20.0. The van der Waals surface area contributed by atoms with E-state index in [0.717, 1.165) is 0 Å². The Hall–Kier alpha value is -1.14. The molecular formula is C14H16N2O2S2. The fraction of sp³-hybridized carbons (Fsp3) is 0.429. The predicted molar refractivity (Wildman–Crippen MR) is 83.0 cm³/mol. The molecule has 2 aliphatic rings. The van der Waals surface area contributed by atoms with E-state index in [0.29, 0.717) is 23.2 Å². The van der Waals surface area contributed by atoms with Gasteiger partial charge >= 0.3 is 0 Å². The maximum Gasteiger partial charge on any atom is 0.254 e. The van der Waals surface area contributed by atoms with Crippen LogP contribution in [0.25, 0.3) is 0 Å². The second-order valence-electron chi connectivity index (χ2n) is 4.77. The SMILES string of the molecule is O=C1CN(C(=O)c2ccc(C3SCCS3)cc2)CCN1. The smallest absolute Gasteiger partial charge is 0.254 e. The van der Waals surface area contributed by atoms with Crippen molar-refractivity contribution >= 4 is 35.3 Å². The van der Waals surface area contributed by atoms with Gasteiger partial charge in [0, 0.05) is 30.2 Å². The Morgan fingerprint density at radius 2 is 1.90 bits per heavy atom. The van der Waals surface area contributed by atoms with Gasteiger partial charge in [-0.1, -0.05) is 12.1 Å². The first-order valence-corrected chi connectivity index (χ1v) is 8.73. The minimum Gasteiger partial charge on any atom is -0.353 e. The number of hydrogen-bond acceptors (Lipinski definition) is 4. The van der Waals surface area contributed by atoms with Crippen molar-refractivity contribution in [1.29, 1.82) is 0 Å². The summed E-state index contributed by atoms with van der Waals surface area (Å²) in [5, 5.41) is 2.73. The number of carbonyl (C=O) groups excluding carboxylic acids is 2. The zero-order valence-corrected chi connectivity index (χ0v) is 12.6. The van der Waals surface area contributed by atoms with E-state index in [1.807, 2.05) is 47.8 Å². The molecule has 0 radical (unpaired) electrons. The van der Waals surface area contributed by atoms with E-state index < -0.39 is 0 Å². The molecule has 20 heavy (non-hydrogen) atoms. The summed E-state index contributed by atoms with van der Waals surface area (Å²) in [5.41, 5.74) is 1.93. The first-order chi connectivity index (χ1) is 9.74. The quantitative estimate of drug-likeness (QED) is 0.904. The minimum atomic E-state index is -0.0834. The van der Waals surface area contributed by atoms with Crippen LogP contribution >= 0.6 is 23.5 Å². The van der Waals surface area contributed by atoms with Gasteiger partial charge in [-0.25, -0.2) is 0 Å². The summed E-state index contributed by atoms with van der Waals surface area (Å²) < 4.78 is 0.500. The highest BCUT2D eigenvalue weighted by Gasteiger charge is 2.23. The average Bonchev–Trinajstić information content (AvgIpc) is 3.01. The Labute approximate surface area is 126 Å². The lowest BCUT2D eigenvalue weighted by atomic mass is 10.1. The van der Waals surface area contributed by atoms with E-state index in [2.05, 4.69) is 5.32 Å². The molecule has 1 aromatic rings. The number of benzene rings is 1. The molecule has 3 rings (SSSR count). The molecule has 2 fully saturated rings. The third kappa shape index (κ3) is 2.96. The van der Waals surface area contributed by atoms with E-state index in [1.54, 1.807) is 4.90 Å². The number of thioether (sulfide) groups is 2. The molecule has 2 saturated heterocycles. The van der Waals surface area contributed by atoms with Crippen molar-refractivity contribution in [2.45, 2.75) is 4.58 Å². The van der Waals surface area contributed by atoms with Crippen LogP contribution in [0.3, 0.4) is 0 Å². The molecule has 1 aromatic carbocycles. The van der Waals surface area contributed by atoms with Gasteiger partial charge in [-0.3, -0.25) is 9.59 Å². The predicted octanol–water partition coefficient (Wildman–Crippen LogP) is 1.74. The number of rotatable bonds is 2. The third-order valence-electron chi connectivity index (χ3n) is 3.38. The van der Waals surface area contributed by atoms with E-state index in [4.69, 9.17) is 0 Å². The van der Waals surface area contributed by atoms with Crippen molar-refractivity contribution in [2.75, 3.05) is 31.1 Å². The van der Waals surface area contributed by atoms with E-state index in [9.17, 15) is 9.59 Å². The van der Waals surface area contributed by atoms with Crippen molar-refractivity contribution in [1.82, 2.24) is 10.2 Å². The largest absolute Gasteiger partial charge is 0.353 e. The summed E-state index contributed by atoms with van der Waals surface area (Å²) in [6.45, 7) is 1.29. The monoisotopic (exact) mass is 308 g/mol. The van der Waals surface area contributed by atoms with E-state index >= 15 is 0 Å². The van der Waals surface area contributed by atoms with Crippen LogP contribution in [0.1, 0.15) is 20.5 Å². The van der Waals surface area contributed by atoms with Crippen LogP contribution in [0.4, 0.5) is 0 Å². The van der Waals surface area contributed by atoms with Crippen molar-refractivity contribution < 1.29 is 9.59 Å². The Morgan fingerprint density at radius 3 is 2.55 bits per heavy atom. The minimum absolute atomic E-state index is 0.0573. The average molecular weight is 308 g/mol. The lowest BCUT2D eigenvalue weighted by Gasteiger charge is -2.26. The van der Waals surface area contributed by atoms with Gasteiger partial charge in [0.2, 0.25) is 5.91 Å². The number of nitrogens with one attached hydrogen (secondary N) is 1. The molecule has 0 aliphatic carbocycles. The number of carbonyl (C=O) groups is 2. The fourth-order valence-electron chi connectivity index (χ4n) is 2.33. The summed E-state index contributed by atoms with van der Waals surface area (Å²) in [5.74, 6) is 2.25. The highest BCUT2D eigenvalue weighted by Crippen LogP contribution is 2.45. The number of hydrogen-bond donors (Lipinski definition) is 1. The highest BCUT2D eigenvalue weighted by molar-refractivity contribution is 8.19. The van der Waals surface area contributed by atoms with Gasteiger partial charge < -0.3 is 10.2 Å². The van der Waals surface area contributed by atoms with E-state index in [-0.39, 0.29) is 18.4 Å². The van der Waals surface area contributed by atoms with Gasteiger partial charge in [0.25, 0.3) is 5.91 Å². The molecular weight excluding hydrogens is 292 g/mol. The van der Waals surface area contributed by atoms with Crippen LogP contribution in [0.5, 0.6) is 0 Å². The van der Waals surface area contributed by atoms with Gasteiger partial charge in [0.15, 0.2) is 0 Å². The molecule has 0 atom stereocenters. The maximum atomic E-state index is 12.3. The molecule has 6 heteroatoms. The molecule has 2 amide bonds. The van der Waals surface area contributed by atoms with Crippen LogP contribution in [0.2, 0.25) is 0 Å². The highest BCUT2D eigenvalue weighted by atomic mass is 32.2. The maximum absolute atomic E-state index is 12.3. The molecule has 0 aromatic heterocycles. The molecule has 0 spiro atoms. The number of amides is 2. The van der Waals surface area contributed by atoms with Gasteiger partial charge in [0.1, 0.15) is 0 Å². The Kier molecular flexibility index (Phi) is 4.21. The molecule has 0 unspecified atom stereocenters. The first kappa shape index (κ1) is 13.8. The Balaban J connectivity index is 1.70. The van der Waals surface area contributed by atoms with Crippen molar-refractivity contribution in [3.8, 4) is 0 Å². The summed E-state index contributed by atoms with van der Waals surface area (Å²) in [7, 11) is 0. The second-order valence-corrected chi connectivity index (χ2v) is 7.50. The lowest BCUT2D eigenvalue weighted by molar-refractivity contribution is -0.123. The first-order valence-electron chi connectivity index (χ1n) is 6.63. The molecule has 1 N–H and O–H groups in total. The standard InChI is InChI=1S/C14H16N2O2S2/c17-12-9-16(6-5-15-12)13(18)10-1-3-11(4-2-10)14-19-7-8-20-14/h1-4,14H,5-9H2,(H,15,17). The summed E-state index contributed by atoms with van der Waals surface area (Å²) in [6, 6.07) is 7.83. The van der Waals surface area contributed by atoms with Crippen LogP contribution in [0.15, 0.2) is 24.3 Å². The van der Waals surface area contributed by atoms with Crippen molar-refractivity contribution in [3.63, 3.8) is 0 Å². The van der Waals surface area contributed by atoms with Crippen LogP contribution in [0, 0.1) is 0 Å². The van der Waals surface area contributed by atoms with Crippen LogP contribution < -0.4 is 5.32 Å². The summed E-state index contributed by atoms with van der Waals surface area (Å²) >= 11 is 3.91. The lowest BCUT2D eigenvalue weighted by Crippen LogP contribution is -2.49. The van der Waals surface area contributed by atoms with Crippen LogP contribution in [-0.4, -0.2) is 47.9 Å². The molecule has 106 valence electrons. The zero-order chi connectivity index (χ0) is 13.9. The van der Waals surface area contributed by atoms with Crippen molar-refractivity contribution in [3.05, 3.63) is 35.4 Å². The van der Waals surface area contributed by atoms with Gasteiger partial charge in [-0.2, -0.15) is 0 Å². The van der Waals surface area contributed by atoms with E-state index in [1.165, 1.54) is 17.1 Å².